The Kier molecular flexibility index (Phi) is 6.52. The van der Waals surface area contributed by atoms with E-state index in [4.69, 9.17) is 0 Å². The summed E-state index contributed by atoms with van der Waals surface area (Å²) in [6, 6.07) is 0.00403. The van der Waals surface area contributed by atoms with Crippen molar-refractivity contribution < 1.29 is 19.5 Å². The lowest BCUT2D eigenvalue weighted by Gasteiger charge is -2.28. The molecule has 6 heteroatoms. The molecule has 0 aromatic heterocycles. The summed E-state index contributed by atoms with van der Waals surface area (Å²) >= 11 is 0. The number of nitrogens with one attached hydrogen (secondary N) is 2. The highest BCUT2D eigenvalue weighted by molar-refractivity contribution is 5.88. The summed E-state index contributed by atoms with van der Waals surface area (Å²) in [6.45, 7) is 8.55. The van der Waals surface area contributed by atoms with Crippen LogP contribution in [0.25, 0.3) is 0 Å². The molecule has 0 radical (unpaired) electrons. The maximum absolute atomic E-state index is 11.7. The largest absolute Gasteiger partial charge is 0.481 e. The van der Waals surface area contributed by atoms with Gasteiger partial charge in [-0.2, -0.15) is 0 Å². The van der Waals surface area contributed by atoms with Crippen molar-refractivity contribution in [3.05, 3.63) is 0 Å². The summed E-state index contributed by atoms with van der Waals surface area (Å²) in [5.74, 6) is -1.91. The number of carbonyl (C=O) groups excluding carboxylic acids is 2. The van der Waals surface area contributed by atoms with Gasteiger partial charge in [0.05, 0.1) is 12.0 Å². The molecule has 2 amide bonds. The smallest absolute Gasteiger partial charge is 0.310 e. The second-order valence-corrected chi connectivity index (χ2v) is 5.55. The lowest BCUT2D eigenvalue weighted by atomic mass is 9.76. The fourth-order valence-electron chi connectivity index (χ4n) is 1.47. The number of hydrogen-bond donors (Lipinski definition) is 3. The highest BCUT2D eigenvalue weighted by Crippen LogP contribution is 2.31. The number of aliphatic carboxylic acids is 1. The van der Waals surface area contributed by atoms with Crippen LogP contribution in [-0.4, -0.2) is 35.5 Å². The van der Waals surface area contributed by atoms with Crippen LogP contribution < -0.4 is 10.6 Å². The Labute approximate surface area is 113 Å². The summed E-state index contributed by atoms with van der Waals surface area (Å²) in [5, 5.41) is 14.3. The van der Waals surface area contributed by atoms with E-state index in [0.717, 1.165) is 0 Å². The van der Waals surface area contributed by atoms with Crippen LogP contribution in [0.1, 0.15) is 41.0 Å². The van der Waals surface area contributed by atoms with Crippen LogP contribution in [0.2, 0.25) is 0 Å². The van der Waals surface area contributed by atoms with E-state index in [1.165, 1.54) is 6.92 Å². The lowest BCUT2D eigenvalue weighted by Crippen LogP contribution is -2.43. The van der Waals surface area contributed by atoms with Crippen LogP contribution in [0.5, 0.6) is 0 Å². The maximum atomic E-state index is 11.7. The number of rotatable bonds is 7. The second kappa shape index (κ2) is 7.11. The van der Waals surface area contributed by atoms with Crippen molar-refractivity contribution in [1.29, 1.82) is 0 Å². The molecule has 0 rings (SSSR count). The topological polar surface area (TPSA) is 95.5 Å². The zero-order valence-corrected chi connectivity index (χ0v) is 12.2. The first-order valence-corrected chi connectivity index (χ1v) is 6.39. The fraction of sp³-hybridized carbons (Fsp3) is 0.769. The number of carboxylic acid groups (broad SMARTS) is 1. The van der Waals surface area contributed by atoms with E-state index in [2.05, 4.69) is 10.6 Å². The van der Waals surface area contributed by atoms with E-state index in [1.807, 2.05) is 13.8 Å². The Hall–Kier alpha value is -1.59. The standard InChI is InChI=1S/C13H24N2O4/c1-8(2)13(5,12(18)19)6-10(16)14-7-11(17)15-9(3)4/h8-9H,6-7H2,1-5H3,(H,14,16)(H,15,17)(H,18,19). The van der Waals surface area contributed by atoms with Crippen LogP contribution >= 0.6 is 0 Å². The Morgan fingerprint density at radius 3 is 2.00 bits per heavy atom. The molecule has 3 N–H and O–H groups in total. The summed E-state index contributed by atoms with van der Waals surface area (Å²) in [6.07, 6.45) is -0.144. The fourth-order valence-corrected chi connectivity index (χ4v) is 1.47. The lowest BCUT2D eigenvalue weighted by molar-refractivity contribution is -0.153. The van der Waals surface area contributed by atoms with Crippen LogP contribution in [0.3, 0.4) is 0 Å². The quantitative estimate of drug-likeness (QED) is 0.637. The minimum atomic E-state index is -1.13. The van der Waals surface area contributed by atoms with Gasteiger partial charge in [0.25, 0.3) is 0 Å². The molecule has 0 bridgehead atoms. The van der Waals surface area contributed by atoms with Gasteiger partial charge in [-0.05, 0) is 26.7 Å². The first-order valence-electron chi connectivity index (χ1n) is 6.39. The predicted octanol–water partition coefficient (Wildman–Crippen LogP) is 0.764. The molecule has 1 atom stereocenters. The summed E-state index contributed by atoms with van der Waals surface area (Å²) in [7, 11) is 0. The average molecular weight is 272 g/mol. The Bertz CT molecular complexity index is 353. The SMILES string of the molecule is CC(C)NC(=O)CNC(=O)CC(C)(C(=O)O)C(C)C. The van der Waals surface area contributed by atoms with Crippen molar-refractivity contribution in [2.75, 3.05) is 6.54 Å². The molecule has 0 aromatic carbocycles. The number of carbonyl (C=O) groups is 3. The van der Waals surface area contributed by atoms with Crippen molar-refractivity contribution >= 4 is 17.8 Å². The van der Waals surface area contributed by atoms with Gasteiger partial charge < -0.3 is 15.7 Å². The van der Waals surface area contributed by atoms with E-state index in [1.54, 1.807) is 13.8 Å². The van der Waals surface area contributed by atoms with E-state index in [0.29, 0.717) is 0 Å². The van der Waals surface area contributed by atoms with Crippen molar-refractivity contribution in [1.82, 2.24) is 10.6 Å². The molecule has 0 spiro atoms. The van der Waals surface area contributed by atoms with Gasteiger partial charge in [0.2, 0.25) is 11.8 Å². The molecule has 0 aliphatic rings. The van der Waals surface area contributed by atoms with Gasteiger partial charge in [0.1, 0.15) is 0 Å². The molecule has 0 aromatic rings. The van der Waals surface area contributed by atoms with Crippen molar-refractivity contribution in [3.63, 3.8) is 0 Å². The number of carboxylic acids is 1. The van der Waals surface area contributed by atoms with Gasteiger partial charge in [0.15, 0.2) is 0 Å². The Balaban J connectivity index is 4.38. The van der Waals surface area contributed by atoms with Gasteiger partial charge in [-0.15, -0.1) is 0 Å². The van der Waals surface area contributed by atoms with Crippen LogP contribution in [-0.2, 0) is 14.4 Å². The van der Waals surface area contributed by atoms with Gasteiger partial charge in [0, 0.05) is 12.5 Å². The molecule has 0 saturated carbocycles. The highest BCUT2D eigenvalue weighted by atomic mass is 16.4. The molecule has 0 heterocycles. The maximum Gasteiger partial charge on any atom is 0.310 e. The number of hydrogen-bond acceptors (Lipinski definition) is 3. The second-order valence-electron chi connectivity index (χ2n) is 5.55. The zero-order valence-electron chi connectivity index (χ0n) is 12.2. The van der Waals surface area contributed by atoms with E-state index in [-0.39, 0.29) is 30.8 Å². The molecule has 6 nitrogen and oxygen atoms in total. The molecule has 0 saturated heterocycles. The van der Waals surface area contributed by atoms with E-state index < -0.39 is 17.3 Å². The minimum Gasteiger partial charge on any atom is -0.481 e. The highest BCUT2D eigenvalue weighted by Gasteiger charge is 2.38. The minimum absolute atomic E-state index is 0.00403. The number of amides is 2. The molecule has 0 fully saturated rings. The Morgan fingerprint density at radius 1 is 1.11 bits per heavy atom. The molecule has 0 aliphatic carbocycles. The Morgan fingerprint density at radius 2 is 1.63 bits per heavy atom. The van der Waals surface area contributed by atoms with Gasteiger partial charge in [-0.3, -0.25) is 14.4 Å². The monoisotopic (exact) mass is 272 g/mol. The first kappa shape index (κ1) is 17.4. The summed E-state index contributed by atoms with van der Waals surface area (Å²) in [5.41, 5.74) is -1.13. The predicted molar refractivity (Wildman–Crippen MR) is 71.5 cm³/mol. The normalized spacial score (nSPS) is 14.1. The molecule has 1 unspecified atom stereocenters. The van der Waals surface area contributed by atoms with Crippen molar-refractivity contribution in [2.24, 2.45) is 11.3 Å². The average Bonchev–Trinajstić information content (AvgIpc) is 2.24. The first-order chi connectivity index (χ1) is 8.59. The van der Waals surface area contributed by atoms with Crippen molar-refractivity contribution in [3.8, 4) is 0 Å². The van der Waals surface area contributed by atoms with Crippen molar-refractivity contribution in [2.45, 2.75) is 47.1 Å². The molecule has 19 heavy (non-hydrogen) atoms. The van der Waals surface area contributed by atoms with Gasteiger partial charge >= 0.3 is 5.97 Å². The third kappa shape index (κ3) is 5.72. The molecular formula is C13H24N2O4. The van der Waals surface area contributed by atoms with E-state index in [9.17, 15) is 19.5 Å². The molecule has 110 valence electrons. The van der Waals surface area contributed by atoms with Crippen LogP contribution in [0, 0.1) is 11.3 Å². The van der Waals surface area contributed by atoms with Gasteiger partial charge in [-0.25, -0.2) is 0 Å². The summed E-state index contributed by atoms with van der Waals surface area (Å²) in [4.78, 5) is 34.3. The van der Waals surface area contributed by atoms with Crippen LogP contribution in [0.4, 0.5) is 0 Å². The third-order valence-electron chi connectivity index (χ3n) is 3.19. The molecule has 0 aliphatic heterocycles. The van der Waals surface area contributed by atoms with Gasteiger partial charge in [-0.1, -0.05) is 13.8 Å². The van der Waals surface area contributed by atoms with Crippen LogP contribution in [0.15, 0.2) is 0 Å². The third-order valence-corrected chi connectivity index (χ3v) is 3.19. The van der Waals surface area contributed by atoms with E-state index >= 15 is 0 Å². The summed E-state index contributed by atoms with van der Waals surface area (Å²) < 4.78 is 0. The zero-order chi connectivity index (χ0) is 15.2. The molecular weight excluding hydrogens is 248 g/mol.